The van der Waals surface area contributed by atoms with E-state index in [9.17, 15) is 13.2 Å². The van der Waals surface area contributed by atoms with Crippen LogP contribution in [0.2, 0.25) is 0 Å². The lowest BCUT2D eigenvalue weighted by molar-refractivity contribution is -0.141. The van der Waals surface area contributed by atoms with Gasteiger partial charge in [-0.3, -0.25) is 4.98 Å². The number of benzene rings is 1. The van der Waals surface area contributed by atoms with Gasteiger partial charge in [0, 0.05) is 4.47 Å². The van der Waals surface area contributed by atoms with Gasteiger partial charge in [-0.25, -0.2) is 4.98 Å². The SMILES string of the molecule is FC(F)(F)c1cnc2c(Br)cccc2n1. The zero-order valence-electron chi connectivity index (χ0n) is 7.22. The van der Waals surface area contributed by atoms with Crippen LogP contribution in [-0.2, 0) is 6.18 Å². The molecule has 0 atom stereocenters. The van der Waals surface area contributed by atoms with Gasteiger partial charge in [0.2, 0.25) is 0 Å². The van der Waals surface area contributed by atoms with Crippen molar-refractivity contribution in [2.45, 2.75) is 6.18 Å². The maximum absolute atomic E-state index is 12.3. The zero-order chi connectivity index (χ0) is 11.1. The number of halogens is 4. The van der Waals surface area contributed by atoms with Crippen LogP contribution in [0.25, 0.3) is 11.0 Å². The zero-order valence-corrected chi connectivity index (χ0v) is 8.80. The van der Waals surface area contributed by atoms with Gasteiger partial charge >= 0.3 is 6.18 Å². The summed E-state index contributed by atoms with van der Waals surface area (Å²) in [5.41, 5.74) is -0.335. The van der Waals surface area contributed by atoms with Crippen LogP contribution in [0.15, 0.2) is 28.9 Å². The number of rotatable bonds is 0. The lowest BCUT2D eigenvalue weighted by Crippen LogP contribution is -2.08. The molecule has 0 aliphatic carbocycles. The average molecular weight is 277 g/mol. The van der Waals surface area contributed by atoms with Crippen LogP contribution in [0.3, 0.4) is 0 Å². The summed E-state index contributed by atoms with van der Waals surface area (Å²) < 4.78 is 37.5. The van der Waals surface area contributed by atoms with Crippen LogP contribution in [0, 0.1) is 0 Å². The van der Waals surface area contributed by atoms with E-state index in [1.807, 2.05) is 0 Å². The molecule has 2 rings (SSSR count). The molecule has 1 aromatic carbocycles. The van der Waals surface area contributed by atoms with Gasteiger partial charge in [0.15, 0.2) is 5.69 Å². The Morgan fingerprint density at radius 3 is 2.60 bits per heavy atom. The Labute approximate surface area is 91.3 Å². The molecule has 0 N–H and O–H groups in total. The Morgan fingerprint density at radius 1 is 1.20 bits per heavy atom. The molecule has 0 amide bonds. The maximum Gasteiger partial charge on any atom is 0.434 e. The summed E-state index contributed by atoms with van der Waals surface area (Å²) in [6.07, 6.45) is -3.73. The van der Waals surface area contributed by atoms with E-state index in [0.717, 1.165) is 6.20 Å². The molecule has 1 heterocycles. The standard InChI is InChI=1S/C9H4BrF3N2/c10-5-2-1-3-6-8(5)14-4-7(15-6)9(11,12)13/h1-4H. The number of alkyl halides is 3. The lowest BCUT2D eigenvalue weighted by atomic mass is 10.3. The fourth-order valence-electron chi connectivity index (χ4n) is 1.14. The average Bonchev–Trinajstić information content (AvgIpc) is 2.16. The van der Waals surface area contributed by atoms with Crippen molar-refractivity contribution in [2.75, 3.05) is 0 Å². The van der Waals surface area contributed by atoms with E-state index in [0.29, 0.717) is 9.99 Å². The van der Waals surface area contributed by atoms with Gasteiger partial charge in [-0.15, -0.1) is 0 Å². The Bertz CT molecular complexity index is 510. The van der Waals surface area contributed by atoms with E-state index in [1.165, 1.54) is 6.07 Å². The van der Waals surface area contributed by atoms with Crippen LogP contribution >= 0.6 is 15.9 Å². The van der Waals surface area contributed by atoms with Gasteiger partial charge < -0.3 is 0 Å². The molecule has 0 bridgehead atoms. The summed E-state index contributed by atoms with van der Waals surface area (Å²) in [5, 5.41) is 0. The first-order valence-corrected chi connectivity index (χ1v) is 4.76. The number of hydrogen-bond donors (Lipinski definition) is 0. The monoisotopic (exact) mass is 276 g/mol. The molecule has 0 aliphatic heterocycles. The summed E-state index contributed by atoms with van der Waals surface area (Å²) >= 11 is 3.19. The first kappa shape index (κ1) is 10.4. The van der Waals surface area contributed by atoms with Crippen molar-refractivity contribution in [3.63, 3.8) is 0 Å². The fraction of sp³-hybridized carbons (Fsp3) is 0.111. The minimum atomic E-state index is -4.45. The van der Waals surface area contributed by atoms with E-state index in [2.05, 4.69) is 25.9 Å². The third-order valence-electron chi connectivity index (χ3n) is 1.81. The topological polar surface area (TPSA) is 25.8 Å². The Morgan fingerprint density at radius 2 is 1.93 bits per heavy atom. The molecule has 0 spiro atoms. The highest BCUT2D eigenvalue weighted by molar-refractivity contribution is 9.10. The van der Waals surface area contributed by atoms with Crippen molar-refractivity contribution >= 4 is 27.0 Å². The molecule has 78 valence electrons. The van der Waals surface area contributed by atoms with Crippen LogP contribution in [0.1, 0.15) is 5.69 Å². The second kappa shape index (κ2) is 3.44. The molecule has 2 aromatic rings. The molecular formula is C9H4BrF3N2. The molecule has 0 fully saturated rings. The van der Waals surface area contributed by atoms with Crippen molar-refractivity contribution in [3.8, 4) is 0 Å². The van der Waals surface area contributed by atoms with Gasteiger partial charge in [-0.1, -0.05) is 6.07 Å². The summed E-state index contributed by atoms with van der Waals surface area (Å²) in [6, 6.07) is 4.80. The van der Waals surface area contributed by atoms with Gasteiger partial charge in [-0.2, -0.15) is 13.2 Å². The molecule has 6 heteroatoms. The fourth-order valence-corrected chi connectivity index (χ4v) is 1.60. The predicted molar refractivity (Wildman–Crippen MR) is 52.2 cm³/mol. The van der Waals surface area contributed by atoms with Crippen LogP contribution < -0.4 is 0 Å². The highest BCUT2D eigenvalue weighted by atomic mass is 79.9. The van der Waals surface area contributed by atoms with Gasteiger partial charge in [0.05, 0.1) is 11.7 Å². The second-order valence-electron chi connectivity index (χ2n) is 2.86. The number of nitrogens with zero attached hydrogens (tertiary/aromatic N) is 2. The summed E-state index contributed by atoms with van der Waals surface area (Å²) in [6.45, 7) is 0. The quantitative estimate of drug-likeness (QED) is 0.737. The minimum absolute atomic E-state index is 0.221. The molecule has 0 saturated carbocycles. The van der Waals surface area contributed by atoms with E-state index < -0.39 is 11.9 Å². The first-order valence-electron chi connectivity index (χ1n) is 3.97. The predicted octanol–water partition coefficient (Wildman–Crippen LogP) is 3.41. The molecule has 0 unspecified atom stereocenters. The van der Waals surface area contributed by atoms with E-state index in [-0.39, 0.29) is 5.52 Å². The van der Waals surface area contributed by atoms with Crippen LogP contribution in [0.5, 0.6) is 0 Å². The Hall–Kier alpha value is -1.17. The normalized spacial score (nSPS) is 12.0. The smallest absolute Gasteiger partial charge is 0.251 e. The van der Waals surface area contributed by atoms with Crippen molar-refractivity contribution in [2.24, 2.45) is 0 Å². The Kier molecular flexibility index (Phi) is 2.38. The summed E-state index contributed by atoms with van der Waals surface area (Å²) in [7, 11) is 0. The minimum Gasteiger partial charge on any atom is -0.251 e. The van der Waals surface area contributed by atoms with Gasteiger partial charge in [0.25, 0.3) is 0 Å². The second-order valence-corrected chi connectivity index (χ2v) is 3.71. The number of fused-ring (bicyclic) bond motifs is 1. The van der Waals surface area contributed by atoms with E-state index in [4.69, 9.17) is 0 Å². The van der Waals surface area contributed by atoms with E-state index >= 15 is 0 Å². The Balaban J connectivity index is 2.68. The molecule has 2 nitrogen and oxygen atoms in total. The lowest BCUT2D eigenvalue weighted by Gasteiger charge is -2.06. The number of aromatic nitrogens is 2. The molecule has 15 heavy (non-hydrogen) atoms. The largest absolute Gasteiger partial charge is 0.434 e. The van der Waals surface area contributed by atoms with Crippen molar-refractivity contribution in [1.29, 1.82) is 0 Å². The van der Waals surface area contributed by atoms with Crippen molar-refractivity contribution in [3.05, 3.63) is 34.6 Å². The highest BCUT2D eigenvalue weighted by Gasteiger charge is 2.33. The van der Waals surface area contributed by atoms with Crippen LogP contribution in [0.4, 0.5) is 13.2 Å². The third kappa shape index (κ3) is 1.94. The van der Waals surface area contributed by atoms with Crippen molar-refractivity contribution < 1.29 is 13.2 Å². The molecule has 0 aliphatic rings. The van der Waals surface area contributed by atoms with Crippen LogP contribution in [-0.4, -0.2) is 9.97 Å². The number of hydrogen-bond acceptors (Lipinski definition) is 2. The molecular weight excluding hydrogens is 273 g/mol. The highest BCUT2D eigenvalue weighted by Crippen LogP contribution is 2.29. The first-order chi connectivity index (χ1) is 6.98. The maximum atomic E-state index is 12.3. The summed E-state index contributed by atoms with van der Waals surface area (Å²) in [4.78, 5) is 7.21. The molecule has 0 saturated heterocycles. The molecule has 1 aromatic heterocycles. The van der Waals surface area contributed by atoms with Gasteiger partial charge in [0.1, 0.15) is 5.52 Å². The summed E-state index contributed by atoms with van der Waals surface area (Å²) in [5.74, 6) is 0. The van der Waals surface area contributed by atoms with Crippen molar-refractivity contribution in [1.82, 2.24) is 9.97 Å². The third-order valence-corrected chi connectivity index (χ3v) is 2.45. The van der Waals surface area contributed by atoms with Gasteiger partial charge in [-0.05, 0) is 28.1 Å². The van der Waals surface area contributed by atoms with E-state index in [1.54, 1.807) is 12.1 Å². The number of para-hydroxylation sites is 1. The molecule has 0 radical (unpaired) electrons.